The quantitative estimate of drug-likeness (QED) is 0.788. The molecule has 0 saturated heterocycles. The smallest absolute Gasteiger partial charge is 0.165 e. The lowest BCUT2D eigenvalue weighted by Crippen LogP contribution is -1.97. The van der Waals surface area contributed by atoms with Crippen LogP contribution in [-0.4, -0.2) is 4.98 Å². The number of hydrogen-bond acceptors (Lipinski definition) is 2. The maximum absolute atomic E-state index is 13.3. The molecule has 16 heavy (non-hydrogen) atoms. The van der Waals surface area contributed by atoms with Crippen molar-refractivity contribution in [1.29, 1.82) is 0 Å². The van der Waals surface area contributed by atoms with E-state index in [0.29, 0.717) is 6.61 Å². The molecule has 82 valence electrons. The van der Waals surface area contributed by atoms with Gasteiger partial charge in [-0.2, -0.15) is 0 Å². The molecule has 0 bridgehead atoms. The number of aryl methyl sites for hydroxylation is 1. The third-order valence-corrected chi connectivity index (χ3v) is 2.23. The van der Waals surface area contributed by atoms with Gasteiger partial charge in [-0.15, -0.1) is 0 Å². The van der Waals surface area contributed by atoms with Gasteiger partial charge in [0.05, 0.1) is 0 Å². The van der Waals surface area contributed by atoms with E-state index in [1.807, 2.05) is 19.1 Å². The Morgan fingerprint density at radius 3 is 2.69 bits per heavy atom. The third kappa shape index (κ3) is 2.57. The Balaban J connectivity index is 2.08. The highest BCUT2D eigenvalue weighted by molar-refractivity contribution is 5.29. The van der Waals surface area contributed by atoms with Crippen LogP contribution < -0.4 is 4.74 Å². The Kier molecular flexibility index (Phi) is 3.15. The van der Waals surface area contributed by atoms with E-state index in [1.54, 1.807) is 24.5 Å². The molecule has 0 aliphatic heterocycles. The zero-order chi connectivity index (χ0) is 11.4. The fourth-order valence-electron chi connectivity index (χ4n) is 1.36. The van der Waals surface area contributed by atoms with E-state index in [4.69, 9.17) is 4.74 Å². The average Bonchev–Trinajstić information content (AvgIpc) is 2.32. The van der Waals surface area contributed by atoms with Crippen molar-refractivity contribution in [3.63, 3.8) is 0 Å². The van der Waals surface area contributed by atoms with E-state index in [-0.39, 0.29) is 11.6 Å². The molecule has 0 fully saturated rings. The SMILES string of the molecule is Cc1ccc(F)c(OCc2ccncc2)c1. The first kappa shape index (κ1) is 10.6. The summed E-state index contributed by atoms with van der Waals surface area (Å²) in [6.45, 7) is 2.25. The Hall–Kier alpha value is -1.90. The van der Waals surface area contributed by atoms with E-state index in [9.17, 15) is 4.39 Å². The second-order valence-electron chi connectivity index (χ2n) is 3.58. The number of rotatable bonds is 3. The fraction of sp³-hybridized carbons (Fsp3) is 0.154. The summed E-state index contributed by atoms with van der Waals surface area (Å²) in [6.07, 6.45) is 3.37. The molecule has 0 radical (unpaired) electrons. The number of hydrogen-bond donors (Lipinski definition) is 0. The number of halogens is 1. The Morgan fingerprint density at radius 1 is 1.19 bits per heavy atom. The zero-order valence-electron chi connectivity index (χ0n) is 8.98. The summed E-state index contributed by atoms with van der Waals surface area (Å²) in [5.41, 5.74) is 1.95. The van der Waals surface area contributed by atoms with Crippen molar-refractivity contribution in [3.8, 4) is 5.75 Å². The van der Waals surface area contributed by atoms with Crippen LogP contribution in [0.3, 0.4) is 0 Å². The highest BCUT2D eigenvalue weighted by Gasteiger charge is 2.03. The van der Waals surface area contributed by atoms with Crippen molar-refractivity contribution < 1.29 is 9.13 Å². The van der Waals surface area contributed by atoms with E-state index in [1.165, 1.54) is 6.07 Å². The van der Waals surface area contributed by atoms with Crippen LogP contribution in [0, 0.1) is 12.7 Å². The highest BCUT2D eigenvalue weighted by Crippen LogP contribution is 2.19. The normalized spacial score (nSPS) is 10.1. The van der Waals surface area contributed by atoms with Gasteiger partial charge in [-0.25, -0.2) is 4.39 Å². The zero-order valence-corrected chi connectivity index (χ0v) is 8.98. The molecule has 2 aromatic rings. The summed E-state index contributed by atoms with van der Waals surface area (Å²) < 4.78 is 18.7. The second kappa shape index (κ2) is 4.75. The molecule has 0 saturated carbocycles. The molecule has 1 heterocycles. The van der Waals surface area contributed by atoms with Crippen LogP contribution in [0.1, 0.15) is 11.1 Å². The number of aromatic nitrogens is 1. The largest absolute Gasteiger partial charge is 0.486 e. The number of benzene rings is 1. The maximum Gasteiger partial charge on any atom is 0.165 e. The monoisotopic (exact) mass is 217 g/mol. The van der Waals surface area contributed by atoms with Crippen LogP contribution in [0.15, 0.2) is 42.7 Å². The van der Waals surface area contributed by atoms with E-state index < -0.39 is 0 Å². The molecule has 0 atom stereocenters. The average molecular weight is 217 g/mol. The van der Waals surface area contributed by atoms with Crippen molar-refractivity contribution >= 4 is 0 Å². The van der Waals surface area contributed by atoms with Gasteiger partial charge in [0.15, 0.2) is 11.6 Å². The molecular formula is C13H12FNO. The summed E-state index contributed by atoms with van der Waals surface area (Å²) in [5, 5.41) is 0. The first-order valence-corrected chi connectivity index (χ1v) is 5.03. The predicted molar refractivity (Wildman–Crippen MR) is 59.7 cm³/mol. The summed E-state index contributed by atoms with van der Waals surface area (Å²) in [5.74, 6) is -0.0449. The molecule has 0 aliphatic rings. The molecule has 2 rings (SSSR count). The van der Waals surface area contributed by atoms with Crippen LogP contribution in [-0.2, 0) is 6.61 Å². The minimum Gasteiger partial charge on any atom is -0.486 e. The number of pyridine rings is 1. The lowest BCUT2D eigenvalue weighted by molar-refractivity contribution is 0.290. The van der Waals surface area contributed by atoms with Gasteiger partial charge in [-0.3, -0.25) is 4.98 Å². The van der Waals surface area contributed by atoms with Crippen molar-refractivity contribution in [2.24, 2.45) is 0 Å². The van der Waals surface area contributed by atoms with Gasteiger partial charge in [0.2, 0.25) is 0 Å². The standard InChI is InChI=1S/C13H12FNO/c1-10-2-3-12(14)13(8-10)16-9-11-4-6-15-7-5-11/h2-8H,9H2,1H3. The van der Waals surface area contributed by atoms with Crippen LogP contribution in [0.25, 0.3) is 0 Å². The summed E-state index contributed by atoms with van der Waals surface area (Å²) in [6, 6.07) is 8.50. The topological polar surface area (TPSA) is 22.1 Å². The highest BCUT2D eigenvalue weighted by atomic mass is 19.1. The van der Waals surface area contributed by atoms with E-state index >= 15 is 0 Å². The van der Waals surface area contributed by atoms with Crippen molar-refractivity contribution in [3.05, 3.63) is 59.7 Å². The van der Waals surface area contributed by atoms with Crippen molar-refractivity contribution in [1.82, 2.24) is 4.98 Å². The molecule has 1 aromatic carbocycles. The number of nitrogens with zero attached hydrogens (tertiary/aromatic N) is 1. The third-order valence-electron chi connectivity index (χ3n) is 2.23. The van der Waals surface area contributed by atoms with Gasteiger partial charge in [0, 0.05) is 12.4 Å². The van der Waals surface area contributed by atoms with Gasteiger partial charge < -0.3 is 4.74 Å². The van der Waals surface area contributed by atoms with Gasteiger partial charge in [-0.1, -0.05) is 6.07 Å². The Bertz CT molecular complexity index is 471. The van der Waals surface area contributed by atoms with Gasteiger partial charge >= 0.3 is 0 Å². The lowest BCUT2D eigenvalue weighted by atomic mass is 10.2. The maximum atomic E-state index is 13.3. The summed E-state index contributed by atoms with van der Waals surface area (Å²) in [4.78, 5) is 3.90. The number of ether oxygens (including phenoxy) is 1. The van der Waals surface area contributed by atoms with Gasteiger partial charge in [0.25, 0.3) is 0 Å². The lowest BCUT2D eigenvalue weighted by Gasteiger charge is -2.07. The van der Waals surface area contributed by atoms with Crippen molar-refractivity contribution in [2.45, 2.75) is 13.5 Å². The fourth-order valence-corrected chi connectivity index (χ4v) is 1.36. The minimum absolute atomic E-state index is 0.289. The van der Waals surface area contributed by atoms with E-state index in [2.05, 4.69) is 4.98 Å². The van der Waals surface area contributed by atoms with Crippen LogP contribution >= 0.6 is 0 Å². The van der Waals surface area contributed by atoms with Crippen LogP contribution in [0.4, 0.5) is 4.39 Å². The van der Waals surface area contributed by atoms with Crippen LogP contribution in [0.5, 0.6) is 5.75 Å². The molecule has 0 N–H and O–H groups in total. The van der Waals surface area contributed by atoms with Gasteiger partial charge in [0.1, 0.15) is 6.61 Å². The summed E-state index contributed by atoms with van der Waals surface area (Å²) in [7, 11) is 0. The van der Waals surface area contributed by atoms with E-state index in [0.717, 1.165) is 11.1 Å². The molecule has 3 heteroatoms. The Morgan fingerprint density at radius 2 is 1.94 bits per heavy atom. The first-order chi connectivity index (χ1) is 7.75. The predicted octanol–water partition coefficient (Wildman–Crippen LogP) is 3.11. The second-order valence-corrected chi connectivity index (χ2v) is 3.58. The molecular weight excluding hydrogens is 205 g/mol. The molecule has 1 aromatic heterocycles. The molecule has 0 spiro atoms. The van der Waals surface area contributed by atoms with Crippen LogP contribution in [0.2, 0.25) is 0 Å². The minimum atomic E-state index is -0.334. The molecule has 0 unspecified atom stereocenters. The summed E-state index contributed by atoms with van der Waals surface area (Å²) >= 11 is 0. The van der Waals surface area contributed by atoms with Gasteiger partial charge in [-0.05, 0) is 42.3 Å². The molecule has 0 aliphatic carbocycles. The molecule has 0 amide bonds. The van der Waals surface area contributed by atoms with Crippen molar-refractivity contribution in [2.75, 3.05) is 0 Å². The Labute approximate surface area is 93.7 Å². The first-order valence-electron chi connectivity index (χ1n) is 5.03. The molecule has 2 nitrogen and oxygen atoms in total.